The number of rotatable bonds is 3. The molecule has 0 aliphatic carbocycles. The molecule has 3 aromatic rings. The minimum Gasteiger partial charge on any atom is -0.394 e. The molecule has 1 aromatic carbocycles. The molecule has 3 atom stereocenters. The second-order valence-corrected chi connectivity index (χ2v) is 7.29. The van der Waals surface area contributed by atoms with E-state index in [1.807, 2.05) is 36.7 Å². The zero-order chi connectivity index (χ0) is 19.3. The van der Waals surface area contributed by atoms with Crippen LogP contribution in [-0.4, -0.2) is 43.1 Å². The number of hydrogen-bond acceptors (Lipinski definition) is 5. The number of benzene rings is 1. The molecule has 0 bridgehead atoms. The second-order valence-electron chi connectivity index (χ2n) is 6.85. The van der Waals surface area contributed by atoms with E-state index in [0.717, 1.165) is 16.6 Å². The largest absolute Gasteiger partial charge is 0.394 e. The van der Waals surface area contributed by atoms with Gasteiger partial charge in [0, 0.05) is 23.3 Å². The van der Waals surface area contributed by atoms with Gasteiger partial charge in [-0.15, -0.1) is 0 Å². The Labute approximate surface area is 160 Å². The lowest BCUT2D eigenvalue weighted by atomic mass is 10.2. The highest BCUT2D eigenvalue weighted by Crippen LogP contribution is 2.32. The fourth-order valence-electron chi connectivity index (χ4n) is 3.70. The molecule has 8 heteroatoms. The number of aliphatic hydroxyl groups excluding tert-OH is 2. The maximum atomic E-state index is 10.1. The van der Waals surface area contributed by atoms with Crippen LogP contribution in [0.25, 0.3) is 16.7 Å². The van der Waals surface area contributed by atoms with E-state index in [0.29, 0.717) is 28.4 Å². The van der Waals surface area contributed by atoms with Gasteiger partial charge >= 0.3 is 0 Å². The Bertz CT molecular complexity index is 1060. The minimum absolute atomic E-state index is 0.234. The monoisotopic (exact) mass is 388 g/mol. The van der Waals surface area contributed by atoms with Crippen molar-refractivity contribution in [2.45, 2.75) is 38.7 Å². The third-order valence-electron chi connectivity index (χ3n) is 5.03. The van der Waals surface area contributed by atoms with Crippen LogP contribution in [0.4, 0.5) is 0 Å². The summed E-state index contributed by atoms with van der Waals surface area (Å²) in [6.07, 6.45) is 0.502. The van der Waals surface area contributed by atoms with Crippen molar-refractivity contribution in [1.29, 1.82) is 5.41 Å². The van der Waals surface area contributed by atoms with E-state index in [1.54, 1.807) is 16.7 Å². The number of aromatic nitrogens is 3. The third-order valence-corrected chi connectivity index (χ3v) is 5.28. The Morgan fingerprint density at radius 1 is 1.30 bits per heavy atom. The second kappa shape index (κ2) is 6.76. The van der Waals surface area contributed by atoms with Gasteiger partial charge in [-0.1, -0.05) is 11.6 Å². The van der Waals surface area contributed by atoms with Gasteiger partial charge in [-0.2, -0.15) is 0 Å². The molecular weight excluding hydrogens is 368 g/mol. The lowest BCUT2D eigenvalue weighted by molar-refractivity contribution is -0.0430. The molecule has 1 aliphatic heterocycles. The molecule has 4 rings (SSSR count). The van der Waals surface area contributed by atoms with E-state index in [1.165, 1.54) is 0 Å². The molecule has 142 valence electrons. The molecular formula is C19H21ClN4O3. The number of ether oxygens (including phenoxy) is 1. The SMILES string of the molecule is Cc1cn([C@H]2C[C@H](O)[C@@H](CO)O2)c2nc(C)n(-c3ccc(Cl)cc3)c(=N)c12. The Morgan fingerprint density at radius 2 is 2.00 bits per heavy atom. The number of aryl methyl sites for hydroxylation is 2. The van der Waals surface area contributed by atoms with Gasteiger partial charge < -0.3 is 19.5 Å². The summed E-state index contributed by atoms with van der Waals surface area (Å²) in [7, 11) is 0. The number of halogens is 1. The van der Waals surface area contributed by atoms with Gasteiger partial charge in [0.1, 0.15) is 29.3 Å². The van der Waals surface area contributed by atoms with Gasteiger partial charge in [-0.3, -0.25) is 9.98 Å². The lowest BCUT2D eigenvalue weighted by Crippen LogP contribution is -2.24. The van der Waals surface area contributed by atoms with Crippen molar-refractivity contribution in [2.75, 3.05) is 6.61 Å². The van der Waals surface area contributed by atoms with Crippen LogP contribution in [0.5, 0.6) is 0 Å². The summed E-state index contributed by atoms with van der Waals surface area (Å²) >= 11 is 5.98. The average molecular weight is 389 g/mol. The number of hydrogen-bond donors (Lipinski definition) is 3. The number of nitrogens with zero attached hydrogens (tertiary/aromatic N) is 3. The molecule has 3 N–H and O–H groups in total. The normalized spacial score (nSPS) is 22.6. The molecule has 0 radical (unpaired) electrons. The van der Waals surface area contributed by atoms with Crippen LogP contribution in [0.15, 0.2) is 30.5 Å². The molecule has 0 saturated carbocycles. The van der Waals surface area contributed by atoms with E-state index in [-0.39, 0.29) is 6.61 Å². The smallest absolute Gasteiger partial charge is 0.148 e. The Kier molecular flexibility index (Phi) is 4.55. The van der Waals surface area contributed by atoms with Gasteiger partial charge in [0.15, 0.2) is 0 Å². The van der Waals surface area contributed by atoms with Crippen LogP contribution in [0.3, 0.4) is 0 Å². The molecule has 1 aliphatic rings. The first-order valence-electron chi connectivity index (χ1n) is 8.76. The van der Waals surface area contributed by atoms with Crippen molar-refractivity contribution in [3.8, 4) is 5.69 Å². The van der Waals surface area contributed by atoms with Crippen LogP contribution >= 0.6 is 11.6 Å². The predicted octanol–water partition coefficient (Wildman–Crippen LogP) is 2.22. The van der Waals surface area contributed by atoms with Crippen molar-refractivity contribution >= 4 is 22.6 Å². The van der Waals surface area contributed by atoms with E-state index in [9.17, 15) is 10.2 Å². The van der Waals surface area contributed by atoms with Crippen LogP contribution in [0.1, 0.15) is 24.0 Å². The van der Waals surface area contributed by atoms with Gasteiger partial charge in [-0.05, 0) is 43.7 Å². The molecule has 0 amide bonds. The highest BCUT2D eigenvalue weighted by molar-refractivity contribution is 6.30. The first-order chi connectivity index (χ1) is 12.9. The first kappa shape index (κ1) is 18.2. The van der Waals surface area contributed by atoms with Gasteiger partial charge in [-0.25, -0.2) is 4.98 Å². The van der Waals surface area contributed by atoms with Crippen molar-refractivity contribution in [3.63, 3.8) is 0 Å². The van der Waals surface area contributed by atoms with Crippen LogP contribution in [-0.2, 0) is 4.74 Å². The summed E-state index contributed by atoms with van der Waals surface area (Å²) in [4.78, 5) is 4.73. The molecule has 1 saturated heterocycles. The van der Waals surface area contributed by atoms with E-state index in [2.05, 4.69) is 0 Å². The molecule has 7 nitrogen and oxygen atoms in total. The molecule has 2 aromatic heterocycles. The zero-order valence-electron chi connectivity index (χ0n) is 15.1. The Hall–Kier alpha value is -2.19. The lowest BCUT2D eigenvalue weighted by Gasteiger charge is -2.16. The quantitative estimate of drug-likeness (QED) is 0.641. The topological polar surface area (TPSA) is 96.3 Å². The highest BCUT2D eigenvalue weighted by atomic mass is 35.5. The van der Waals surface area contributed by atoms with Crippen LogP contribution in [0.2, 0.25) is 5.02 Å². The number of nitrogens with one attached hydrogen (secondary N) is 1. The molecule has 1 fully saturated rings. The summed E-state index contributed by atoms with van der Waals surface area (Å²) < 4.78 is 9.40. The van der Waals surface area contributed by atoms with Crippen molar-refractivity contribution < 1.29 is 14.9 Å². The molecule has 0 unspecified atom stereocenters. The first-order valence-corrected chi connectivity index (χ1v) is 9.14. The van der Waals surface area contributed by atoms with E-state index < -0.39 is 18.4 Å². The molecule has 3 heterocycles. The molecule has 0 spiro atoms. The molecule has 27 heavy (non-hydrogen) atoms. The fourth-order valence-corrected chi connectivity index (χ4v) is 3.82. The van der Waals surface area contributed by atoms with Gasteiger partial charge in [0.25, 0.3) is 0 Å². The minimum atomic E-state index is -0.725. The maximum Gasteiger partial charge on any atom is 0.148 e. The zero-order valence-corrected chi connectivity index (χ0v) is 15.8. The number of fused-ring (bicyclic) bond motifs is 1. The standard InChI is InChI=1S/C19H21ClN4O3/c1-10-8-23(16-7-14(26)15(9-25)27-16)19-17(10)18(21)24(11(2)22-19)13-5-3-12(20)4-6-13/h3-6,8,14-16,21,25-26H,7,9H2,1-2H3/t14-,15+,16+/m0/s1. The summed E-state index contributed by atoms with van der Waals surface area (Å²) in [5.41, 5.74) is 2.68. The van der Waals surface area contributed by atoms with E-state index in [4.69, 9.17) is 26.7 Å². The van der Waals surface area contributed by atoms with Crippen molar-refractivity contribution in [1.82, 2.24) is 14.1 Å². The Morgan fingerprint density at radius 3 is 2.63 bits per heavy atom. The van der Waals surface area contributed by atoms with Gasteiger partial charge in [0.2, 0.25) is 0 Å². The van der Waals surface area contributed by atoms with Crippen LogP contribution < -0.4 is 5.49 Å². The summed E-state index contributed by atoms with van der Waals surface area (Å²) in [6.45, 7) is 3.54. The summed E-state index contributed by atoms with van der Waals surface area (Å²) in [5.74, 6) is 0.659. The van der Waals surface area contributed by atoms with Crippen LogP contribution in [0, 0.1) is 19.3 Å². The summed E-state index contributed by atoms with van der Waals surface area (Å²) in [5, 5.41) is 29.5. The average Bonchev–Trinajstić information content (AvgIpc) is 3.16. The highest BCUT2D eigenvalue weighted by Gasteiger charge is 2.35. The maximum absolute atomic E-state index is 10.1. The van der Waals surface area contributed by atoms with Crippen molar-refractivity contribution in [3.05, 3.63) is 52.4 Å². The third kappa shape index (κ3) is 2.96. The van der Waals surface area contributed by atoms with Gasteiger partial charge in [0.05, 0.1) is 18.1 Å². The predicted molar refractivity (Wildman–Crippen MR) is 101 cm³/mol. The number of aliphatic hydroxyl groups is 2. The van der Waals surface area contributed by atoms with Crippen molar-refractivity contribution in [2.24, 2.45) is 0 Å². The summed E-state index contributed by atoms with van der Waals surface area (Å²) in [6, 6.07) is 7.28. The Balaban J connectivity index is 1.87. The fraction of sp³-hybridized carbons (Fsp3) is 0.368. The van der Waals surface area contributed by atoms with E-state index >= 15 is 0 Å².